The van der Waals surface area contributed by atoms with E-state index in [0.29, 0.717) is 11.8 Å². The van der Waals surface area contributed by atoms with Crippen molar-refractivity contribution in [2.45, 2.75) is 109 Å². The average Bonchev–Trinajstić information content (AvgIpc) is 2.75. The maximum atomic E-state index is 14.6. The van der Waals surface area contributed by atoms with Crippen molar-refractivity contribution in [2.24, 2.45) is 11.8 Å². The highest BCUT2D eigenvalue weighted by molar-refractivity contribution is 5.31. The Balaban J connectivity index is 1.47. The Morgan fingerprint density at radius 3 is 2.32 bits per heavy atom. The molecule has 0 heterocycles. The zero-order valence-corrected chi connectivity index (χ0v) is 19.2. The normalized spacial score (nSPS) is 27.3. The van der Waals surface area contributed by atoms with E-state index in [9.17, 15) is 13.2 Å². The highest BCUT2D eigenvalue weighted by atomic mass is 19.3. The van der Waals surface area contributed by atoms with Crippen LogP contribution in [0.1, 0.15) is 102 Å². The summed E-state index contributed by atoms with van der Waals surface area (Å²) in [5, 5.41) is 0. The first-order valence-corrected chi connectivity index (χ1v) is 12.3. The minimum Gasteiger partial charge on any atom is -0.428 e. The molecule has 1 aromatic rings. The fourth-order valence-electron chi connectivity index (χ4n) is 5.12. The highest BCUT2D eigenvalue weighted by Gasteiger charge is 2.35. The molecule has 31 heavy (non-hydrogen) atoms. The first kappa shape index (κ1) is 24.4. The number of unbranched alkanes of at least 4 members (excludes halogenated alkanes) is 2. The summed E-state index contributed by atoms with van der Waals surface area (Å²) >= 11 is 0. The molecule has 1 aromatic carbocycles. The lowest BCUT2D eigenvalue weighted by atomic mass is 9.77. The van der Waals surface area contributed by atoms with Crippen molar-refractivity contribution < 1.29 is 22.6 Å². The van der Waals surface area contributed by atoms with Crippen molar-refractivity contribution in [3.63, 3.8) is 0 Å². The standard InChI is InChI=1S/C26H39F3O2/c1-3-4-5-6-20-9-11-21(12-10-20)22-13-16-25(24(27)17-22)31-26(28,29)18-30-23-14-7-19(2)8-15-23/h13,16-17,19-21,23H,3-12,14-15,18H2,1-2H3. The third-order valence-electron chi connectivity index (χ3n) is 7.20. The quantitative estimate of drug-likeness (QED) is 0.341. The second-order valence-corrected chi connectivity index (χ2v) is 9.84. The molecule has 0 bridgehead atoms. The molecule has 2 saturated carbocycles. The van der Waals surface area contributed by atoms with Crippen LogP contribution in [-0.2, 0) is 4.74 Å². The van der Waals surface area contributed by atoms with Crippen LogP contribution in [0, 0.1) is 17.7 Å². The van der Waals surface area contributed by atoms with Gasteiger partial charge in [0.1, 0.15) is 0 Å². The number of alkyl halides is 2. The predicted molar refractivity (Wildman–Crippen MR) is 118 cm³/mol. The van der Waals surface area contributed by atoms with Crippen LogP contribution >= 0.6 is 0 Å². The van der Waals surface area contributed by atoms with Crippen LogP contribution in [0.3, 0.4) is 0 Å². The number of rotatable bonds is 10. The molecule has 2 fully saturated rings. The van der Waals surface area contributed by atoms with E-state index in [-0.39, 0.29) is 6.10 Å². The van der Waals surface area contributed by atoms with Crippen molar-refractivity contribution in [1.29, 1.82) is 0 Å². The topological polar surface area (TPSA) is 18.5 Å². The Kier molecular flexibility index (Phi) is 9.12. The molecule has 5 heteroatoms. The van der Waals surface area contributed by atoms with E-state index in [1.165, 1.54) is 50.7 Å². The van der Waals surface area contributed by atoms with Gasteiger partial charge < -0.3 is 9.47 Å². The van der Waals surface area contributed by atoms with Crippen LogP contribution in [0.2, 0.25) is 0 Å². The lowest BCUT2D eigenvalue weighted by Gasteiger charge is -2.29. The van der Waals surface area contributed by atoms with Crippen molar-refractivity contribution in [1.82, 2.24) is 0 Å². The molecule has 0 spiro atoms. The number of ether oxygens (including phenoxy) is 2. The molecular formula is C26H39F3O2. The van der Waals surface area contributed by atoms with Crippen LogP contribution in [0.15, 0.2) is 18.2 Å². The van der Waals surface area contributed by atoms with Crippen LogP contribution in [-0.4, -0.2) is 18.8 Å². The van der Waals surface area contributed by atoms with E-state index in [2.05, 4.69) is 13.8 Å². The SMILES string of the molecule is CCCCCC1CCC(c2ccc(OC(F)(F)COC3CCC(C)CC3)c(F)c2)CC1. The average molecular weight is 441 g/mol. The summed E-state index contributed by atoms with van der Waals surface area (Å²) in [4.78, 5) is 0. The van der Waals surface area contributed by atoms with Crippen molar-refractivity contribution in [2.75, 3.05) is 6.61 Å². The zero-order valence-electron chi connectivity index (χ0n) is 19.2. The summed E-state index contributed by atoms with van der Waals surface area (Å²) < 4.78 is 53.1. The van der Waals surface area contributed by atoms with E-state index >= 15 is 0 Å². The van der Waals surface area contributed by atoms with E-state index < -0.39 is 24.3 Å². The van der Waals surface area contributed by atoms with E-state index in [4.69, 9.17) is 9.47 Å². The monoisotopic (exact) mass is 440 g/mol. The van der Waals surface area contributed by atoms with Gasteiger partial charge in [-0.3, -0.25) is 0 Å². The van der Waals surface area contributed by atoms with E-state index in [1.807, 2.05) is 0 Å². The Labute approximate surface area is 185 Å². The molecular weight excluding hydrogens is 401 g/mol. The number of hydrogen-bond donors (Lipinski definition) is 0. The van der Waals surface area contributed by atoms with Crippen molar-refractivity contribution >= 4 is 0 Å². The van der Waals surface area contributed by atoms with E-state index in [1.54, 1.807) is 6.07 Å². The fraction of sp³-hybridized carbons (Fsp3) is 0.769. The van der Waals surface area contributed by atoms with Gasteiger partial charge >= 0.3 is 6.11 Å². The second-order valence-electron chi connectivity index (χ2n) is 9.84. The maximum absolute atomic E-state index is 14.6. The second kappa shape index (κ2) is 11.6. The molecule has 2 nitrogen and oxygen atoms in total. The number of hydrogen-bond acceptors (Lipinski definition) is 2. The van der Waals surface area contributed by atoms with Crippen LogP contribution in [0.25, 0.3) is 0 Å². The smallest absolute Gasteiger partial charge is 0.422 e. The summed E-state index contributed by atoms with van der Waals surface area (Å²) in [6, 6.07) is 4.49. The van der Waals surface area contributed by atoms with Gasteiger partial charge in [-0.15, -0.1) is 0 Å². The predicted octanol–water partition coefficient (Wildman–Crippen LogP) is 8.25. The lowest BCUT2D eigenvalue weighted by molar-refractivity contribution is -0.223. The molecule has 3 rings (SSSR count). The Hall–Kier alpha value is -1.23. The highest BCUT2D eigenvalue weighted by Crippen LogP contribution is 2.39. The third kappa shape index (κ3) is 7.69. The lowest BCUT2D eigenvalue weighted by Crippen LogP contribution is -2.34. The van der Waals surface area contributed by atoms with Gasteiger partial charge in [0.05, 0.1) is 6.10 Å². The zero-order chi connectivity index (χ0) is 22.3. The van der Waals surface area contributed by atoms with Crippen LogP contribution < -0.4 is 4.74 Å². The van der Waals surface area contributed by atoms with Gasteiger partial charge in [0.25, 0.3) is 0 Å². The summed E-state index contributed by atoms with van der Waals surface area (Å²) in [6.45, 7) is 3.55. The van der Waals surface area contributed by atoms with Gasteiger partial charge in [-0.05, 0) is 86.8 Å². The minimum atomic E-state index is -3.54. The first-order valence-electron chi connectivity index (χ1n) is 12.3. The molecule has 0 saturated heterocycles. The summed E-state index contributed by atoms with van der Waals surface area (Å²) in [7, 11) is 0. The van der Waals surface area contributed by atoms with Crippen LogP contribution in [0.4, 0.5) is 13.2 Å². The number of benzene rings is 1. The molecule has 0 aromatic heterocycles. The fourth-order valence-corrected chi connectivity index (χ4v) is 5.12. The molecule has 2 aliphatic carbocycles. The summed E-state index contributed by atoms with van der Waals surface area (Å²) in [6.07, 6.45) is 9.43. The first-order chi connectivity index (χ1) is 14.9. The molecule has 176 valence electrons. The van der Waals surface area contributed by atoms with Gasteiger partial charge in [-0.25, -0.2) is 4.39 Å². The molecule has 2 aliphatic rings. The molecule has 0 amide bonds. The Morgan fingerprint density at radius 2 is 1.68 bits per heavy atom. The van der Waals surface area contributed by atoms with Crippen molar-refractivity contribution in [3.05, 3.63) is 29.6 Å². The molecule has 0 atom stereocenters. The molecule has 0 unspecified atom stereocenters. The number of halogens is 3. The Morgan fingerprint density at radius 1 is 0.968 bits per heavy atom. The van der Waals surface area contributed by atoms with Crippen LogP contribution in [0.5, 0.6) is 5.75 Å². The Bertz CT molecular complexity index is 663. The molecule has 0 radical (unpaired) electrons. The summed E-state index contributed by atoms with van der Waals surface area (Å²) in [5.41, 5.74) is 0.896. The molecule has 0 aliphatic heterocycles. The maximum Gasteiger partial charge on any atom is 0.422 e. The van der Waals surface area contributed by atoms with Gasteiger partial charge in [-0.1, -0.05) is 45.6 Å². The van der Waals surface area contributed by atoms with E-state index in [0.717, 1.165) is 50.0 Å². The van der Waals surface area contributed by atoms with Gasteiger partial charge in [0.2, 0.25) is 0 Å². The third-order valence-corrected chi connectivity index (χ3v) is 7.20. The van der Waals surface area contributed by atoms with Gasteiger partial charge in [-0.2, -0.15) is 8.78 Å². The van der Waals surface area contributed by atoms with Gasteiger partial charge in [0.15, 0.2) is 18.2 Å². The largest absolute Gasteiger partial charge is 0.428 e. The van der Waals surface area contributed by atoms with Crippen molar-refractivity contribution in [3.8, 4) is 5.75 Å². The molecule has 0 N–H and O–H groups in total. The minimum absolute atomic E-state index is 0.157. The summed E-state index contributed by atoms with van der Waals surface area (Å²) in [5.74, 6) is 0.599. The van der Waals surface area contributed by atoms with Gasteiger partial charge in [0, 0.05) is 0 Å².